The maximum Gasteiger partial charge on any atom is 0.321 e. The van der Waals surface area contributed by atoms with Crippen molar-refractivity contribution in [3.8, 4) is 16.7 Å². The summed E-state index contributed by atoms with van der Waals surface area (Å²) in [7, 11) is 1.75. The van der Waals surface area contributed by atoms with Crippen molar-refractivity contribution in [2.45, 2.75) is 13.3 Å². The summed E-state index contributed by atoms with van der Waals surface area (Å²) < 4.78 is 5.44. The van der Waals surface area contributed by atoms with Gasteiger partial charge in [-0.15, -0.1) is 11.3 Å². The van der Waals surface area contributed by atoms with Crippen LogP contribution in [0.4, 0.5) is 5.95 Å². The lowest BCUT2D eigenvalue weighted by Crippen LogP contribution is -2.05. The number of aromatic nitrogens is 3. The average Bonchev–Trinajstić information content (AvgIpc) is 2.82. The molecule has 2 heterocycles. The van der Waals surface area contributed by atoms with Crippen molar-refractivity contribution < 1.29 is 4.74 Å². The van der Waals surface area contributed by atoms with Gasteiger partial charge in [0.1, 0.15) is 0 Å². The van der Waals surface area contributed by atoms with Crippen LogP contribution in [-0.2, 0) is 0 Å². The van der Waals surface area contributed by atoms with Gasteiger partial charge < -0.3 is 10.1 Å². The van der Waals surface area contributed by atoms with Gasteiger partial charge in [0.2, 0.25) is 5.95 Å². The number of nitrogens with one attached hydrogen (secondary N) is 1. The van der Waals surface area contributed by atoms with Crippen LogP contribution in [0.25, 0.3) is 10.7 Å². The van der Waals surface area contributed by atoms with Gasteiger partial charge in [0.25, 0.3) is 0 Å². The molecule has 0 unspecified atom stereocenters. The smallest absolute Gasteiger partial charge is 0.321 e. The van der Waals surface area contributed by atoms with Crippen LogP contribution in [0.1, 0.15) is 13.3 Å². The predicted molar refractivity (Wildman–Crippen MR) is 73.5 cm³/mol. The molecule has 18 heavy (non-hydrogen) atoms. The van der Waals surface area contributed by atoms with Crippen molar-refractivity contribution in [3.05, 3.63) is 16.5 Å². The molecule has 0 aromatic carbocycles. The van der Waals surface area contributed by atoms with Crippen molar-refractivity contribution >= 4 is 28.9 Å². The lowest BCUT2D eigenvalue weighted by Gasteiger charge is -2.06. The van der Waals surface area contributed by atoms with E-state index in [2.05, 4.69) is 20.3 Å². The maximum absolute atomic E-state index is 6.08. The van der Waals surface area contributed by atoms with Crippen LogP contribution in [0.2, 0.25) is 5.02 Å². The van der Waals surface area contributed by atoms with Crippen LogP contribution in [0.15, 0.2) is 11.4 Å². The van der Waals surface area contributed by atoms with E-state index in [4.69, 9.17) is 16.3 Å². The van der Waals surface area contributed by atoms with Crippen molar-refractivity contribution in [2.75, 3.05) is 19.0 Å². The number of halogens is 1. The molecule has 2 rings (SSSR count). The summed E-state index contributed by atoms with van der Waals surface area (Å²) in [6.45, 7) is 2.60. The minimum atomic E-state index is 0.315. The largest absolute Gasteiger partial charge is 0.463 e. The zero-order chi connectivity index (χ0) is 13.0. The Morgan fingerprint density at radius 1 is 1.39 bits per heavy atom. The predicted octanol–water partition coefficient (Wildman–Crippen LogP) is 3.08. The minimum Gasteiger partial charge on any atom is -0.463 e. The lowest BCUT2D eigenvalue weighted by molar-refractivity contribution is 0.292. The molecule has 0 aliphatic carbocycles. The van der Waals surface area contributed by atoms with Gasteiger partial charge in [0.05, 0.1) is 16.5 Å². The molecule has 2 aromatic heterocycles. The zero-order valence-corrected chi connectivity index (χ0v) is 11.7. The molecule has 0 aliphatic rings. The van der Waals surface area contributed by atoms with Crippen LogP contribution in [0, 0.1) is 0 Å². The molecule has 0 atom stereocenters. The number of nitrogens with zero attached hydrogens (tertiary/aromatic N) is 3. The molecule has 0 bridgehead atoms. The summed E-state index contributed by atoms with van der Waals surface area (Å²) in [5, 5.41) is 5.41. The van der Waals surface area contributed by atoms with E-state index in [1.807, 2.05) is 18.4 Å². The molecular formula is C11H13ClN4OS. The summed E-state index contributed by atoms with van der Waals surface area (Å²) in [4.78, 5) is 13.5. The molecule has 0 spiro atoms. The Labute approximate surface area is 114 Å². The van der Waals surface area contributed by atoms with Gasteiger partial charge in [-0.2, -0.15) is 15.0 Å². The van der Waals surface area contributed by atoms with Gasteiger partial charge >= 0.3 is 6.01 Å². The first-order valence-corrected chi connectivity index (χ1v) is 6.80. The third-order valence-electron chi connectivity index (χ3n) is 2.09. The summed E-state index contributed by atoms with van der Waals surface area (Å²) in [6, 6.07) is 2.13. The monoisotopic (exact) mass is 284 g/mol. The Morgan fingerprint density at radius 2 is 2.22 bits per heavy atom. The number of hydrogen-bond acceptors (Lipinski definition) is 6. The van der Waals surface area contributed by atoms with Crippen LogP contribution < -0.4 is 10.1 Å². The Kier molecular flexibility index (Phi) is 4.33. The first-order chi connectivity index (χ1) is 8.74. The van der Waals surface area contributed by atoms with E-state index in [1.165, 1.54) is 11.3 Å². The summed E-state index contributed by atoms with van der Waals surface area (Å²) in [6.07, 6.45) is 0.898. The Bertz CT molecular complexity index is 532. The summed E-state index contributed by atoms with van der Waals surface area (Å²) in [5.74, 6) is 0.996. The second-order valence-corrected chi connectivity index (χ2v) is 4.78. The number of hydrogen-bond donors (Lipinski definition) is 1. The van der Waals surface area contributed by atoms with Crippen LogP contribution in [-0.4, -0.2) is 28.6 Å². The zero-order valence-electron chi connectivity index (χ0n) is 10.1. The van der Waals surface area contributed by atoms with Gasteiger partial charge in [-0.1, -0.05) is 18.5 Å². The van der Waals surface area contributed by atoms with Crippen LogP contribution in [0.5, 0.6) is 6.01 Å². The fourth-order valence-corrected chi connectivity index (χ4v) is 2.35. The Morgan fingerprint density at radius 3 is 2.83 bits per heavy atom. The van der Waals surface area contributed by atoms with Crippen molar-refractivity contribution in [1.82, 2.24) is 15.0 Å². The highest BCUT2D eigenvalue weighted by atomic mass is 35.5. The fraction of sp³-hybridized carbons (Fsp3) is 0.364. The number of rotatable bonds is 5. The van der Waals surface area contributed by atoms with E-state index in [0.717, 1.165) is 11.3 Å². The van der Waals surface area contributed by atoms with Gasteiger partial charge in [-0.3, -0.25) is 0 Å². The van der Waals surface area contributed by atoms with E-state index in [9.17, 15) is 0 Å². The molecule has 0 saturated carbocycles. The van der Waals surface area contributed by atoms with Crippen LogP contribution in [0.3, 0.4) is 0 Å². The molecule has 96 valence electrons. The number of anilines is 1. The minimum absolute atomic E-state index is 0.315. The highest BCUT2D eigenvalue weighted by Crippen LogP contribution is 2.31. The van der Waals surface area contributed by atoms with Crippen molar-refractivity contribution in [1.29, 1.82) is 0 Å². The van der Waals surface area contributed by atoms with Crippen LogP contribution >= 0.6 is 22.9 Å². The Hall–Kier alpha value is -1.40. The molecule has 0 saturated heterocycles. The molecule has 2 aromatic rings. The van der Waals surface area contributed by atoms with Gasteiger partial charge in [-0.05, 0) is 17.9 Å². The second-order valence-electron chi connectivity index (χ2n) is 3.46. The van der Waals surface area contributed by atoms with E-state index in [-0.39, 0.29) is 0 Å². The highest BCUT2D eigenvalue weighted by Gasteiger charge is 2.12. The average molecular weight is 285 g/mol. The molecular weight excluding hydrogens is 272 g/mol. The first kappa shape index (κ1) is 13.0. The van der Waals surface area contributed by atoms with Crippen molar-refractivity contribution in [2.24, 2.45) is 0 Å². The fourth-order valence-electron chi connectivity index (χ4n) is 1.28. The third kappa shape index (κ3) is 2.88. The van der Waals surface area contributed by atoms with Gasteiger partial charge in [0.15, 0.2) is 5.82 Å². The van der Waals surface area contributed by atoms with Crippen molar-refractivity contribution in [3.63, 3.8) is 0 Å². The van der Waals surface area contributed by atoms with Gasteiger partial charge in [0, 0.05) is 7.05 Å². The van der Waals surface area contributed by atoms with E-state index in [1.54, 1.807) is 7.05 Å². The molecule has 0 aliphatic heterocycles. The quantitative estimate of drug-likeness (QED) is 0.914. The maximum atomic E-state index is 6.08. The summed E-state index contributed by atoms with van der Waals surface area (Å²) >= 11 is 7.56. The summed E-state index contributed by atoms with van der Waals surface area (Å²) in [5.41, 5.74) is 0. The van der Waals surface area contributed by atoms with E-state index in [0.29, 0.717) is 29.4 Å². The third-order valence-corrected chi connectivity index (χ3v) is 3.43. The van der Waals surface area contributed by atoms with E-state index >= 15 is 0 Å². The molecule has 0 fully saturated rings. The number of ether oxygens (including phenoxy) is 1. The normalized spacial score (nSPS) is 10.4. The highest BCUT2D eigenvalue weighted by molar-refractivity contribution is 7.14. The second kappa shape index (κ2) is 5.97. The van der Waals surface area contributed by atoms with Gasteiger partial charge in [-0.25, -0.2) is 0 Å². The van der Waals surface area contributed by atoms with E-state index < -0.39 is 0 Å². The Balaban J connectivity index is 2.38. The molecule has 1 N–H and O–H groups in total. The lowest BCUT2D eigenvalue weighted by atomic mass is 10.4. The number of thiophene rings is 1. The topological polar surface area (TPSA) is 59.9 Å². The molecule has 0 amide bonds. The molecule has 0 radical (unpaired) electrons. The molecule has 5 nitrogen and oxygen atoms in total. The molecule has 7 heteroatoms. The first-order valence-electron chi connectivity index (χ1n) is 5.54. The SMILES string of the molecule is CCCOc1nc(NC)nc(-c2sccc2Cl)n1. The standard InChI is InChI=1S/C11H13ClN4OS/c1-3-5-17-11-15-9(14-10(13-2)16-11)8-7(12)4-6-18-8/h4,6H,3,5H2,1-2H3,(H,13,14,15,16).